The van der Waals surface area contributed by atoms with E-state index >= 15 is 0 Å². The number of carbonyl (C=O) groups excluding carboxylic acids is 1. The van der Waals surface area contributed by atoms with Gasteiger partial charge in [-0.05, 0) is 24.6 Å². The highest BCUT2D eigenvalue weighted by atomic mass is 35.5. The molecule has 1 atom stereocenters. The van der Waals surface area contributed by atoms with Crippen LogP contribution in [0.4, 0.5) is 19.4 Å². The summed E-state index contributed by atoms with van der Waals surface area (Å²) in [5.74, 6) is 0.595. The number of halogens is 3. The summed E-state index contributed by atoms with van der Waals surface area (Å²) < 4.78 is 37.4. The second kappa shape index (κ2) is 9.41. The Morgan fingerprint density at radius 1 is 1.19 bits per heavy atom. The second-order valence-corrected chi connectivity index (χ2v) is 7.98. The second-order valence-electron chi connectivity index (χ2n) is 7.64. The Morgan fingerprint density at radius 2 is 1.91 bits per heavy atom. The van der Waals surface area contributed by atoms with Crippen LogP contribution >= 0.6 is 11.6 Å². The largest absolute Gasteiger partial charge is 0.496 e. The molecule has 1 saturated heterocycles. The Kier molecular flexibility index (Phi) is 6.61. The lowest BCUT2D eigenvalue weighted by molar-refractivity contribution is 0.0429. The van der Waals surface area contributed by atoms with Gasteiger partial charge in [0.2, 0.25) is 5.28 Å². The molecule has 0 radical (unpaired) electrons. The van der Waals surface area contributed by atoms with Crippen molar-refractivity contribution in [3.63, 3.8) is 0 Å². The fourth-order valence-electron chi connectivity index (χ4n) is 4.04. The molecule has 1 N–H and O–H groups in total. The number of nitrogens with zero attached hydrogens (tertiary/aromatic N) is 4. The Morgan fingerprint density at radius 3 is 2.59 bits per heavy atom. The van der Waals surface area contributed by atoms with Gasteiger partial charge < -0.3 is 24.6 Å². The minimum absolute atomic E-state index is 0.0485. The van der Waals surface area contributed by atoms with Crippen LogP contribution < -0.4 is 10.1 Å². The quantitative estimate of drug-likeness (QED) is 0.669. The molecule has 2 aliphatic rings. The van der Waals surface area contributed by atoms with Crippen molar-refractivity contribution in [1.82, 2.24) is 19.8 Å². The smallest absolute Gasteiger partial charge is 0.320 e. The molecule has 0 aliphatic carbocycles. The Hall–Kier alpha value is -2.72. The van der Waals surface area contributed by atoms with Crippen LogP contribution in [0.1, 0.15) is 41.8 Å². The molecule has 0 bridgehead atoms. The average Bonchev–Trinajstić information content (AvgIpc) is 3.22. The summed E-state index contributed by atoms with van der Waals surface area (Å²) in [7, 11) is 1.37. The van der Waals surface area contributed by atoms with E-state index in [0.717, 1.165) is 5.56 Å². The van der Waals surface area contributed by atoms with Crippen molar-refractivity contribution in [3.8, 4) is 5.75 Å². The molecule has 0 spiro atoms. The van der Waals surface area contributed by atoms with Crippen LogP contribution in [0.3, 0.4) is 0 Å². The molecule has 1 unspecified atom stereocenters. The van der Waals surface area contributed by atoms with Crippen molar-refractivity contribution >= 4 is 23.4 Å². The zero-order valence-electron chi connectivity index (χ0n) is 17.8. The van der Waals surface area contributed by atoms with E-state index in [0.29, 0.717) is 56.5 Å². The lowest BCUT2D eigenvalue weighted by Gasteiger charge is -2.30. The number of nitrogens with one attached hydrogen (secondary N) is 1. The summed E-state index contributed by atoms with van der Waals surface area (Å²) in [5, 5.41) is 3.30. The standard InChI is InChI=1S/C21H24ClF2N5O3/c1-12(13-4-3-5-14(18(23)24)17(13)31-2)25-19-15-10-29(11-16(15)26-20(22)27-19)21(30)28-6-8-32-9-7-28/h3-5,12,18H,6-11H2,1-2H3,(H,25,26,27). The normalized spacial score (nSPS) is 16.8. The van der Waals surface area contributed by atoms with Gasteiger partial charge in [0.15, 0.2) is 0 Å². The van der Waals surface area contributed by atoms with Gasteiger partial charge in [-0.2, -0.15) is 0 Å². The summed E-state index contributed by atoms with van der Waals surface area (Å²) in [4.78, 5) is 24.9. The number of alkyl halides is 2. The highest BCUT2D eigenvalue weighted by molar-refractivity contribution is 6.28. The van der Waals surface area contributed by atoms with Crippen molar-refractivity contribution in [2.75, 3.05) is 38.7 Å². The predicted molar refractivity (Wildman–Crippen MR) is 114 cm³/mol. The molecular weight excluding hydrogens is 444 g/mol. The topological polar surface area (TPSA) is 79.8 Å². The number of para-hydroxylation sites is 1. The number of hydrogen-bond acceptors (Lipinski definition) is 6. The highest BCUT2D eigenvalue weighted by Crippen LogP contribution is 2.37. The molecule has 4 rings (SSSR count). The number of benzene rings is 1. The molecule has 1 aromatic heterocycles. The maximum Gasteiger partial charge on any atom is 0.320 e. The molecular formula is C21H24ClF2N5O3. The van der Waals surface area contributed by atoms with E-state index in [1.54, 1.807) is 21.9 Å². The molecule has 8 nitrogen and oxygen atoms in total. The Balaban J connectivity index is 1.57. The number of methoxy groups -OCH3 is 1. The third kappa shape index (κ3) is 4.42. The number of fused-ring (bicyclic) bond motifs is 1. The Bertz CT molecular complexity index is 1000. The summed E-state index contributed by atoms with van der Waals surface area (Å²) in [6.07, 6.45) is -2.66. The van der Waals surface area contributed by atoms with Gasteiger partial charge in [0.05, 0.1) is 50.7 Å². The molecule has 172 valence electrons. The van der Waals surface area contributed by atoms with Gasteiger partial charge in [-0.1, -0.05) is 12.1 Å². The van der Waals surface area contributed by atoms with Gasteiger partial charge in [0, 0.05) is 24.2 Å². The van der Waals surface area contributed by atoms with E-state index in [9.17, 15) is 13.6 Å². The fourth-order valence-corrected chi connectivity index (χ4v) is 4.23. The van der Waals surface area contributed by atoms with Crippen LogP contribution in [-0.4, -0.2) is 59.2 Å². The zero-order valence-corrected chi connectivity index (χ0v) is 18.5. The number of aromatic nitrogens is 2. The van der Waals surface area contributed by atoms with Crippen LogP contribution in [-0.2, 0) is 17.8 Å². The molecule has 1 aromatic carbocycles. The summed E-state index contributed by atoms with van der Waals surface area (Å²) in [5.41, 5.74) is 1.81. The number of rotatable bonds is 5. The molecule has 11 heteroatoms. The lowest BCUT2D eigenvalue weighted by Crippen LogP contribution is -2.46. The monoisotopic (exact) mass is 467 g/mol. The predicted octanol–water partition coefficient (Wildman–Crippen LogP) is 4.02. The van der Waals surface area contributed by atoms with E-state index in [1.807, 2.05) is 6.92 Å². The molecule has 0 saturated carbocycles. The van der Waals surface area contributed by atoms with Gasteiger partial charge in [-0.15, -0.1) is 0 Å². The fraction of sp³-hybridized carbons (Fsp3) is 0.476. The van der Waals surface area contributed by atoms with Crippen LogP contribution in [0.15, 0.2) is 18.2 Å². The summed E-state index contributed by atoms with van der Waals surface area (Å²) in [6, 6.07) is 4.13. The van der Waals surface area contributed by atoms with Gasteiger partial charge in [0.25, 0.3) is 6.43 Å². The third-order valence-corrected chi connectivity index (χ3v) is 5.81. The SMILES string of the molecule is COc1c(C(F)F)cccc1C(C)Nc1nc(Cl)nc2c1CN(C(=O)N1CCOCC1)C2. The van der Waals surface area contributed by atoms with Gasteiger partial charge >= 0.3 is 6.03 Å². The van der Waals surface area contributed by atoms with Crippen LogP contribution in [0.5, 0.6) is 5.75 Å². The first kappa shape index (κ1) is 22.5. The minimum Gasteiger partial charge on any atom is -0.496 e. The van der Waals surface area contributed by atoms with Crippen LogP contribution in [0.2, 0.25) is 5.28 Å². The first-order valence-corrected chi connectivity index (χ1v) is 10.6. The summed E-state index contributed by atoms with van der Waals surface area (Å²) in [6.45, 7) is 4.58. The van der Waals surface area contributed by atoms with Crippen molar-refractivity contribution in [3.05, 3.63) is 45.9 Å². The van der Waals surface area contributed by atoms with E-state index in [4.69, 9.17) is 21.1 Å². The molecule has 2 aliphatic heterocycles. The van der Waals surface area contributed by atoms with Crippen molar-refractivity contribution in [1.29, 1.82) is 0 Å². The van der Waals surface area contributed by atoms with Gasteiger partial charge in [-0.25, -0.2) is 23.5 Å². The lowest BCUT2D eigenvalue weighted by atomic mass is 10.0. The number of ether oxygens (including phenoxy) is 2. The van der Waals surface area contributed by atoms with E-state index in [1.165, 1.54) is 13.2 Å². The maximum atomic E-state index is 13.4. The molecule has 2 amide bonds. The van der Waals surface area contributed by atoms with Gasteiger partial charge in [-0.3, -0.25) is 0 Å². The van der Waals surface area contributed by atoms with Crippen molar-refractivity contribution in [2.24, 2.45) is 0 Å². The molecule has 1 fully saturated rings. The zero-order chi connectivity index (χ0) is 22.8. The number of amides is 2. The first-order valence-electron chi connectivity index (χ1n) is 10.3. The number of urea groups is 1. The summed E-state index contributed by atoms with van der Waals surface area (Å²) >= 11 is 6.14. The minimum atomic E-state index is -2.66. The maximum absolute atomic E-state index is 13.4. The average molecular weight is 468 g/mol. The Labute approximate surface area is 189 Å². The van der Waals surface area contributed by atoms with E-state index in [-0.39, 0.29) is 22.6 Å². The molecule has 3 heterocycles. The number of anilines is 1. The van der Waals surface area contributed by atoms with Crippen molar-refractivity contribution < 1.29 is 23.0 Å². The van der Waals surface area contributed by atoms with Crippen molar-refractivity contribution in [2.45, 2.75) is 32.5 Å². The van der Waals surface area contributed by atoms with E-state index < -0.39 is 12.5 Å². The van der Waals surface area contributed by atoms with E-state index in [2.05, 4.69) is 15.3 Å². The number of carbonyl (C=O) groups is 1. The number of hydrogen-bond donors (Lipinski definition) is 1. The van der Waals surface area contributed by atoms with Crippen LogP contribution in [0.25, 0.3) is 0 Å². The number of morpholine rings is 1. The van der Waals surface area contributed by atoms with Crippen LogP contribution in [0, 0.1) is 0 Å². The molecule has 32 heavy (non-hydrogen) atoms. The molecule has 2 aromatic rings. The first-order chi connectivity index (χ1) is 15.4. The highest BCUT2D eigenvalue weighted by Gasteiger charge is 2.32. The van der Waals surface area contributed by atoms with Gasteiger partial charge in [0.1, 0.15) is 11.6 Å². The third-order valence-electron chi connectivity index (χ3n) is 5.64.